The minimum Gasteiger partial charge on any atom is -0.448 e. The summed E-state index contributed by atoms with van der Waals surface area (Å²) in [5.74, 6) is -0.878. The summed E-state index contributed by atoms with van der Waals surface area (Å²) in [6.45, 7) is 0.721. The van der Waals surface area contributed by atoms with Gasteiger partial charge in [0.15, 0.2) is 6.10 Å². The summed E-state index contributed by atoms with van der Waals surface area (Å²) >= 11 is 0. The lowest BCUT2D eigenvalue weighted by Gasteiger charge is -2.32. The molecular formula is C16H20N2O5S. The Hall–Kier alpha value is -1.93. The van der Waals surface area contributed by atoms with Crippen LogP contribution >= 0.6 is 0 Å². The molecule has 0 bridgehead atoms. The lowest BCUT2D eigenvalue weighted by atomic mass is 9.98. The normalized spacial score (nSPS) is 24.8. The van der Waals surface area contributed by atoms with Crippen LogP contribution in [-0.2, 0) is 26.0 Å². The molecule has 0 spiro atoms. The molecule has 24 heavy (non-hydrogen) atoms. The molecule has 0 aliphatic carbocycles. The maximum atomic E-state index is 12.4. The smallest absolute Gasteiger partial charge is 0.339 e. The molecule has 8 heteroatoms. The van der Waals surface area contributed by atoms with Gasteiger partial charge in [0.25, 0.3) is 5.91 Å². The average molecular weight is 352 g/mol. The zero-order valence-electron chi connectivity index (χ0n) is 13.4. The maximum Gasteiger partial charge on any atom is 0.339 e. The molecule has 1 aromatic rings. The number of carbonyl (C=O) groups excluding carboxylic acids is 2. The molecule has 0 aromatic heterocycles. The molecule has 0 unspecified atom stereocenters. The van der Waals surface area contributed by atoms with E-state index in [1.165, 1.54) is 4.31 Å². The van der Waals surface area contributed by atoms with E-state index in [4.69, 9.17) is 4.74 Å². The molecule has 1 fully saturated rings. The van der Waals surface area contributed by atoms with Crippen molar-refractivity contribution in [3.05, 3.63) is 35.4 Å². The average Bonchev–Trinajstić information content (AvgIpc) is 2.54. The van der Waals surface area contributed by atoms with E-state index in [2.05, 4.69) is 5.32 Å². The quantitative estimate of drug-likeness (QED) is 0.790. The molecule has 1 aromatic carbocycles. The second-order valence-electron chi connectivity index (χ2n) is 6.22. The number of amides is 1. The van der Waals surface area contributed by atoms with Gasteiger partial charge >= 0.3 is 5.97 Å². The first kappa shape index (κ1) is 16.9. The van der Waals surface area contributed by atoms with Crippen LogP contribution in [0.1, 0.15) is 28.8 Å². The molecule has 2 atom stereocenters. The van der Waals surface area contributed by atoms with Gasteiger partial charge in [0.05, 0.1) is 11.8 Å². The summed E-state index contributed by atoms with van der Waals surface area (Å²) in [7, 11) is -3.27. The molecule has 0 radical (unpaired) electrons. The first-order chi connectivity index (χ1) is 11.3. The van der Waals surface area contributed by atoms with Gasteiger partial charge in [0.1, 0.15) is 0 Å². The Morgan fingerprint density at radius 3 is 2.83 bits per heavy atom. The van der Waals surface area contributed by atoms with Crippen LogP contribution in [0.25, 0.3) is 0 Å². The van der Waals surface area contributed by atoms with Gasteiger partial charge in [-0.3, -0.25) is 4.79 Å². The fourth-order valence-corrected chi connectivity index (χ4v) is 4.04. The number of cyclic esters (lactones) is 1. The highest BCUT2D eigenvalue weighted by molar-refractivity contribution is 7.88. The molecular weight excluding hydrogens is 332 g/mol. The molecule has 130 valence electrons. The number of hydrogen-bond donors (Lipinski definition) is 1. The highest BCUT2D eigenvalue weighted by atomic mass is 32.2. The van der Waals surface area contributed by atoms with Gasteiger partial charge in [-0.15, -0.1) is 0 Å². The number of rotatable bonds is 3. The molecule has 1 N–H and O–H groups in total. The Morgan fingerprint density at radius 2 is 2.08 bits per heavy atom. The monoisotopic (exact) mass is 352 g/mol. The Bertz CT molecular complexity index is 761. The molecule has 1 saturated heterocycles. The van der Waals surface area contributed by atoms with Crippen LogP contribution in [0, 0.1) is 0 Å². The molecule has 7 nitrogen and oxygen atoms in total. The number of hydrogen-bond acceptors (Lipinski definition) is 5. The van der Waals surface area contributed by atoms with Crippen LogP contribution in [0.2, 0.25) is 0 Å². The Kier molecular flexibility index (Phi) is 4.60. The SMILES string of the molecule is CS(=O)(=O)N1CCC[C@H](NC(=O)[C@H]2Cc3ccccc3C(=O)O2)C1. The molecule has 2 aliphatic rings. The highest BCUT2D eigenvalue weighted by Crippen LogP contribution is 2.21. The third kappa shape index (κ3) is 3.59. The predicted octanol–water partition coefficient (Wildman–Crippen LogP) is 0.308. The minimum absolute atomic E-state index is 0.252. The maximum absolute atomic E-state index is 12.4. The summed E-state index contributed by atoms with van der Waals surface area (Å²) in [6.07, 6.45) is 2.01. The minimum atomic E-state index is -3.27. The number of benzene rings is 1. The molecule has 2 heterocycles. The van der Waals surface area contributed by atoms with Gasteiger partial charge < -0.3 is 10.1 Å². The van der Waals surface area contributed by atoms with Gasteiger partial charge in [0.2, 0.25) is 10.0 Å². The van der Waals surface area contributed by atoms with E-state index >= 15 is 0 Å². The number of piperidine rings is 1. The number of esters is 1. The van der Waals surface area contributed by atoms with E-state index in [0.29, 0.717) is 31.4 Å². The summed E-state index contributed by atoms with van der Waals surface area (Å²) < 4.78 is 29.9. The first-order valence-corrected chi connectivity index (χ1v) is 9.74. The number of nitrogens with one attached hydrogen (secondary N) is 1. The Balaban J connectivity index is 1.65. The largest absolute Gasteiger partial charge is 0.448 e. The van der Waals surface area contributed by atoms with Crippen molar-refractivity contribution in [3.63, 3.8) is 0 Å². The number of carbonyl (C=O) groups is 2. The van der Waals surface area contributed by atoms with Crippen LogP contribution in [0.3, 0.4) is 0 Å². The highest BCUT2D eigenvalue weighted by Gasteiger charge is 2.33. The third-order valence-corrected chi connectivity index (χ3v) is 5.65. The van der Waals surface area contributed by atoms with Gasteiger partial charge in [-0.05, 0) is 24.5 Å². The van der Waals surface area contributed by atoms with Crippen molar-refractivity contribution in [2.45, 2.75) is 31.4 Å². The van der Waals surface area contributed by atoms with Gasteiger partial charge in [-0.2, -0.15) is 0 Å². The number of nitrogens with zero attached hydrogens (tertiary/aromatic N) is 1. The van der Waals surface area contributed by atoms with Crippen molar-refractivity contribution >= 4 is 21.9 Å². The van der Waals surface area contributed by atoms with E-state index in [0.717, 1.165) is 11.8 Å². The van der Waals surface area contributed by atoms with Crippen molar-refractivity contribution < 1.29 is 22.7 Å². The van der Waals surface area contributed by atoms with E-state index in [-0.39, 0.29) is 18.5 Å². The fourth-order valence-electron chi connectivity index (χ4n) is 3.13. The number of ether oxygens (including phenoxy) is 1. The van der Waals surface area contributed by atoms with Crippen LogP contribution in [0.5, 0.6) is 0 Å². The van der Waals surface area contributed by atoms with Crippen LogP contribution in [-0.4, -0.2) is 56.1 Å². The number of fused-ring (bicyclic) bond motifs is 1. The second-order valence-corrected chi connectivity index (χ2v) is 8.21. The first-order valence-electron chi connectivity index (χ1n) is 7.89. The molecule has 1 amide bonds. The zero-order valence-corrected chi connectivity index (χ0v) is 14.2. The fraction of sp³-hybridized carbons (Fsp3) is 0.500. The van der Waals surface area contributed by atoms with Crippen molar-refractivity contribution in [1.29, 1.82) is 0 Å². The predicted molar refractivity (Wildman–Crippen MR) is 86.9 cm³/mol. The van der Waals surface area contributed by atoms with E-state index in [1.807, 2.05) is 12.1 Å². The van der Waals surface area contributed by atoms with Crippen molar-refractivity contribution in [2.75, 3.05) is 19.3 Å². The third-order valence-electron chi connectivity index (χ3n) is 4.38. The molecule has 2 aliphatic heterocycles. The summed E-state index contributed by atoms with van der Waals surface area (Å²) in [5.41, 5.74) is 1.28. The van der Waals surface area contributed by atoms with Gasteiger partial charge in [-0.25, -0.2) is 17.5 Å². The summed E-state index contributed by atoms with van der Waals surface area (Å²) in [5, 5.41) is 2.82. The second kappa shape index (κ2) is 6.52. The van der Waals surface area contributed by atoms with Crippen molar-refractivity contribution in [2.24, 2.45) is 0 Å². The topological polar surface area (TPSA) is 92.8 Å². The lowest BCUT2D eigenvalue weighted by Crippen LogP contribution is -2.52. The van der Waals surface area contributed by atoms with Crippen LogP contribution in [0.4, 0.5) is 0 Å². The van der Waals surface area contributed by atoms with Crippen molar-refractivity contribution in [3.8, 4) is 0 Å². The molecule has 3 rings (SSSR count). The van der Waals surface area contributed by atoms with Crippen molar-refractivity contribution in [1.82, 2.24) is 9.62 Å². The lowest BCUT2D eigenvalue weighted by molar-refractivity contribution is -0.131. The number of sulfonamides is 1. The Labute approximate surface area is 141 Å². The zero-order chi connectivity index (χ0) is 17.3. The van der Waals surface area contributed by atoms with Crippen LogP contribution in [0.15, 0.2) is 24.3 Å². The van der Waals surface area contributed by atoms with Crippen LogP contribution < -0.4 is 5.32 Å². The summed E-state index contributed by atoms with van der Waals surface area (Å²) in [6, 6.07) is 6.79. The Morgan fingerprint density at radius 1 is 1.33 bits per heavy atom. The van der Waals surface area contributed by atoms with Gasteiger partial charge in [-0.1, -0.05) is 18.2 Å². The summed E-state index contributed by atoms with van der Waals surface area (Å²) in [4.78, 5) is 24.4. The van der Waals surface area contributed by atoms with E-state index in [1.54, 1.807) is 12.1 Å². The standard InChI is InChI=1S/C16H20N2O5S/c1-24(21,22)18-8-4-6-12(10-18)17-15(19)14-9-11-5-2-3-7-13(11)16(20)23-14/h2-3,5,7,12,14H,4,6,8-10H2,1H3,(H,17,19)/t12-,14+/m0/s1. The van der Waals surface area contributed by atoms with Gasteiger partial charge in [0, 0.05) is 25.6 Å². The molecule has 0 saturated carbocycles. The van der Waals surface area contributed by atoms with E-state index < -0.39 is 22.1 Å². The van der Waals surface area contributed by atoms with E-state index in [9.17, 15) is 18.0 Å².